The number of amides is 1. The van der Waals surface area contributed by atoms with Crippen molar-refractivity contribution in [3.05, 3.63) is 29.3 Å². The molecule has 0 radical (unpaired) electrons. The molecule has 160 valence electrons. The molecule has 5 nitrogen and oxygen atoms in total. The zero-order chi connectivity index (χ0) is 20.9. The summed E-state index contributed by atoms with van der Waals surface area (Å²) in [5.74, 6) is -0.0909. The molecule has 1 amide bonds. The summed E-state index contributed by atoms with van der Waals surface area (Å²) in [6, 6.07) is 6.05. The summed E-state index contributed by atoms with van der Waals surface area (Å²) in [6.45, 7) is 9.09. The number of carbonyl (C=O) groups excluding carboxylic acids is 2. The average molecular weight is 402 g/mol. The summed E-state index contributed by atoms with van der Waals surface area (Å²) in [4.78, 5) is 25.7. The fourth-order valence-corrected chi connectivity index (χ4v) is 5.00. The van der Waals surface area contributed by atoms with Crippen molar-refractivity contribution in [1.82, 2.24) is 0 Å². The van der Waals surface area contributed by atoms with Crippen LogP contribution in [-0.4, -0.2) is 48.6 Å². The normalized spacial score (nSPS) is 25.4. The number of rotatable bonds is 6. The van der Waals surface area contributed by atoms with Gasteiger partial charge < -0.3 is 14.5 Å². The van der Waals surface area contributed by atoms with Gasteiger partial charge in [-0.2, -0.15) is 0 Å². The number of esters is 1. The highest BCUT2D eigenvalue weighted by molar-refractivity contribution is 5.93. The van der Waals surface area contributed by atoms with E-state index in [2.05, 4.69) is 12.2 Å². The van der Waals surface area contributed by atoms with Crippen LogP contribution in [0.15, 0.2) is 18.2 Å². The fourth-order valence-electron chi connectivity index (χ4n) is 5.00. The molecule has 1 aliphatic carbocycles. The Balaban J connectivity index is 1.61. The lowest BCUT2D eigenvalue weighted by Gasteiger charge is -2.42. The second-order valence-electron chi connectivity index (χ2n) is 9.07. The van der Waals surface area contributed by atoms with Crippen LogP contribution in [0.1, 0.15) is 63.0 Å². The lowest BCUT2D eigenvalue weighted by atomic mass is 9.94. The predicted molar refractivity (Wildman–Crippen MR) is 116 cm³/mol. The van der Waals surface area contributed by atoms with Gasteiger partial charge in [-0.25, -0.2) is 0 Å². The Morgan fingerprint density at radius 2 is 1.76 bits per heavy atom. The summed E-state index contributed by atoms with van der Waals surface area (Å²) in [5, 5.41) is 3.12. The van der Waals surface area contributed by atoms with Gasteiger partial charge in [-0.05, 0) is 70.4 Å². The first kappa shape index (κ1) is 21.8. The molecule has 29 heavy (non-hydrogen) atoms. The van der Waals surface area contributed by atoms with Gasteiger partial charge in [-0.15, -0.1) is 0 Å². The topological polar surface area (TPSA) is 55.4 Å². The highest BCUT2D eigenvalue weighted by Crippen LogP contribution is 2.28. The minimum absolute atomic E-state index is 0.0329. The van der Waals surface area contributed by atoms with Crippen molar-refractivity contribution in [2.24, 2.45) is 5.92 Å². The van der Waals surface area contributed by atoms with Gasteiger partial charge in [0.2, 0.25) is 0 Å². The van der Waals surface area contributed by atoms with Gasteiger partial charge >= 0.3 is 5.97 Å². The number of quaternary nitrogens is 1. The Morgan fingerprint density at radius 3 is 2.41 bits per heavy atom. The highest BCUT2D eigenvalue weighted by Gasteiger charge is 2.40. The number of carbonyl (C=O) groups is 2. The van der Waals surface area contributed by atoms with E-state index in [9.17, 15) is 9.59 Å². The quantitative estimate of drug-likeness (QED) is 0.569. The monoisotopic (exact) mass is 401 g/mol. The second-order valence-corrected chi connectivity index (χ2v) is 9.07. The first-order chi connectivity index (χ1) is 13.9. The van der Waals surface area contributed by atoms with E-state index < -0.39 is 0 Å². The number of likely N-dealkylation sites (tertiary alicyclic amines) is 1. The molecule has 1 heterocycles. The standard InChI is InChI=1S/C24H36N2O3/c1-4-26(17-22(27)25-23-18(2)10-8-11-19(23)3)15-9-12-20(16-26)24(28)29-21-13-6-5-7-14-21/h8,10-11,20-21H,4-7,9,12-17H2,1-3H3/p+1. The van der Waals surface area contributed by atoms with E-state index in [-0.39, 0.29) is 23.9 Å². The van der Waals surface area contributed by atoms with Gasteiger partial charge in [0.05, 0.1) is 19.6 Å². The number of hydrogen-bond donors (Lipinski definition) is 1. The number of para-hydroxylation sites is 1. The number of likely N-dealkylation sites (N-methyl/N-ethyl adjacent to an activating group) is 1. The van der Waals surface area contributed by atoms with E-state index in [0.29, 0.717) is 17.6 Å². The largest absolute Gasteiger partial charge is 0.462 e. The third-order valence-electron chi connectivity index (χ3n) is 6.86. The Kier molecular flexibility index (Phi) is 7.33. The van der Waals surface area contributed by atoms with E-state index in [1.54, 1.807) is 0 Å². The van der Waals surface area contributed by atoms with Crippen LogP contribution in [-0.2, 0) is 14.3 Å². The van der Waals surface area contributed by atoms with Gasteiger partial charge in [-0.1, -0.05) is 24.6 Å². The molecule has 3 rings (SSSR count). The first-order valence-corrected chi connectivity index (χ1v) is 11.3. The van der Waals surface area contributed by atoms with Gasteiger partial charge in [0.25, 0.3) is 5.91 Å². The smallest absolute Gasteiger partial charge is 0.314 e. The van der Waals surface area contributed by atoms with Crippen molar-refractivity contribution in [3.8, 4) is 0 Å². The third kappa shape index (κ3) is 5.59. The van der Waals surface area contributed by atoms with Crippen LogP contribution < -0.4 is 5.32 Å². The van der Waals surface area contributed by atoms with E-state index in [0.717, 1.165) is 68.4 Å². The fraction of sp³-hybridized carbons (Fsp3) is 0.667. The van der Waals surface area contributed by atoms with Crippen molar-refractivity contribution in [2.45, 2.75) is 71.8 Å². The van der Waals surface area contributed by atoms with Crippen molar-refractivity contribution < 1.29 is 18.8 Å². The third-order valence-corrected chi connectivity index (χ3v) is 6.86. The maximum absolute atomic E-state index is 12.9. The Morgan fingerprint density at radius 1 is 1.07 bits per heavy atom. The van der Waals surface area contributed by atoms with E-state index in [1.165, 1.54) is 6.42 Å². The molecule has 1 aliphatic heterocycles. The van der Waals surface area contributed by atoms with E-state index in [1.807, 2.05) is 32.0 Å². The number of nitrogens with zero attached hydrogens (tertiary/aromatic N) is 1. The first-order valence-electron chi connectivity index (χ1n) is 11.3. The number of aryl methyl sites for hydroxylation is 2. The van der Waals surface area contributed by atoms with Crippen LogP contribution in [0.2, 0.25) is 0 Å². The van der Waals surface area contributed by atoms with Crippen LogP contribution in [0.5, 0.6) is 0 Å². The lowest BCUT2D eigenvalue weighted by Crippen LogP contribution is -2.58. The Hall–Kier alpha value is -1.88. The van der Waals surface area contributed by atoms with Crippen molar-refractivity contribution >= 4 is 17.6 Å². The molecule has 1 aromatic carbocycles. The van der Waals surface area contributed by atoms with Crippen molar-refractivity contribution in [3.63, 3.8) is 0 Å². The van der Waals surface area contributed by atoms with E-state index in [4.69, 9.17) is 4.74 Å². The van der Waals surface area contributed by atoms with Crippen molar-refractivity contribution in [2.75, 3.05) is 31.5 Å². The summed E-state index contributed by atoms with van der Waals surface area (Å²) in [7, 11) is 0. The lowest BCUT2D eigenvalue weighted by molar-refractivity contribution is -0.925. The van der Waals surface area contributed by atoms with Crippen LogP contribution in [0.4, 0.5) is 5.69 Å². The van der Waals surface area contributed by atoms with Crippen LogP contribution in [0.25, 0.3) is 0 Å². The van der Waals surface area contributed by atoms with Crippen molar-refractivity contribution in [1.29, 1.82) is 0 Å². The molecule has 1 saturated carbocycles. The molecular formula is C24H37N2O3+. The minimum atomic E-state index is -0.0846. The number of ether oxygens (including phenoxy) is 1. The molecule has 1 aromatic rings. The molecule has 0 bridgehead atoms. The molecule has 2 aliphatic rings. The average Bonchev–Trinajstić information content (AvgIpc) is 2.72. The second kappa shape index (κ2) is 9.75. The van der Waals surface area contributed by atoms with E-state index >= 15 is 0 Å². The van der Waals surface area contributed by atoms with Gasteiger partial charge in [-0.3, -0.25) is 9.59 Å². The molecular weight excluding hydrogens is 364 g/mol. The molecule has 0 spiro atoms. The molecule has 2 fully saturated rings. The zero-order valence-corrected chi connectivity index (χ0v) is 18.3. The number of hydrogen-bond acceptors (Lipinski definition) is 3. The molecule has 2 unspecified atom stereocenters. The molecule has 1 N–H and O–H groups in total. The molecule has 1 saturated heterocycles. The molecule has 2 atom stereocenters. The molecule has 0 aromatic heterocycles. The highest BCUT2D eigenvalue weighted by atomic mass is 16.5. The summed E-state index contributed by atoms with van der Waals surface area (Å²) >= 11 is 0. The number of anilines is 1. The molecule has 5 heteroatoms. The maximum Gasteiger partial charge on any atom is 0.314 e. The number of nitrogens with one attached hydrogen (secondary N) is 1. The number of benzene rings is 1. The van der Waals surface area contributed by atoms with Crippen LogP contribution in [0, 0.1) is 19.8 Å². The maximum atomic E-state index is 12.9. The number of piperidine rings is 1. The van der Waals surface area contributed by atoms with Crippen LogP contribution >= 0.6 is 0 Å². The van der Waals surface area contributed by atoms with Gasteiger partial charge in [0.1, 0.15) is 12.0 Å². The summed E-state index contributed by atoms with van der Waals surface area (Å²) in [6.07, 6.45) is 7.54. The summed E-state index contributed by atoms with van der Waals surface area (Å²) in [5.41, 5.74) is 3.07. The summed E-state index contributed by atoms with van der Waals surface area (Å²) < 4.78 is 6.52. The predicted octanol–water partition coefficient (Wildman–Crippen LogP) is 4.36. The Labute approximate surface area is 175 Å². The van der Waals surface area contributed by atoms with Gasteiger partial charge in [0, 0.05) is 5.69 Å². The Bertz CT molecular complexity index is 707. The SMILES string of the molecule is CC[N+]1(CC(=O)Nc2c(C)cccc2C)CCCC(C(=O)OC2CCCCC2)C1. The van der Waals surface area contributed by atoms with Gasteiger partial charge in [0.15, 0.2) is 6.54 Å². The van der Waals surface area contributed by atoms with Crippen LogP contribution in [0.3, 0.4) is 0 Å². The minimum Gasteiger partial charge on any atom is -0.462 e. The zero-order valence-electron chi connectivity index (χ0n) is 18.3.